The van der Waals surface area contributed by atoms with Crippen LogP contribution < -0.4 is 20.1 Å². The third-order valence-corrected chi connectivity index (χ3v) is 3.10. The van der Waals surface area contributed by atoms with Crippen molar-refractivity contribution < 1.29 is 19.1 Å². The van der Waals surface area contributed by atoms with Crippen LogP contribution in [0.5, 0.6) is 11.5 Å². The molecular formula is C15H20N2O4. The summed E-state index contributed by atoms with van der Waals surface area (Å²) in [6.07, 6.45) is -0.329. The van der Waals surface area contributed by atoms with Gasteiger partial charge in [0.15, 0.2) is 11.5 Å². The number of fused-ring (bicyclic) bond motifs is 1. The molecule has 6 nitrogen and oxygen atoms in total. The van der Waals surface area contributed by atoms with Crippen molar-refractivity contribution in [2.24, 2.45) is 0 Å². The molecule has 2 unspecified atom stereocenters. The quantitative estimate of drug-likeness (QED) is 0.844. The van der Waals surface area contributed by atoms with E-state index in [1.165, 1.54) is 0 Å². The van der Waals surface area contributed by atoms with Crippen molar-refractivity contribution in [1.29, 1.82) is 0 Å². The highest BCUT2D eigenvalue weighted by atomic mass is 16.6. The number of benzene rings is 1. The maximum atomic E-state index is 12.1. The summed E-state index contributed by atoms with van der Waals surface area (Å²) in [5.41, 5.74) is 0. The van der Waals surface area contributed by atoms with Crippen LogP contribution in [0.3, 0.4) is 0 Å². The predicted molar refractivity (Wildman–Crippen MR) is 77.3 cm³/mol. The monoisotopic (exact) mass is 292 g/mol. The summed E-state index contributed by atoms with van der Waals surface area (Å²) in [7, 11) is 0. The minimum Gasteiger partial charge on any atom is -0.482 e. The number of ether oxygens (including phenoxy) is 2. The minimum atomic E-state index is -0.765. The first-order valence-electron chi connectivity index (χ1n) is 7.08. The summed E-state index contributed by atoms with van der Waals surface area (Å²) in [6.45, 7) is 4.26. The van der Waals surface area contributed by atoms with Crippen LogP contribution in [-0.2, 0) is 9.59 Å². The van der Waals surface area contributed by atoms with Gasteiger partial charge in [0.1, 0.15) is 6.10 Å². The van der Waals surface area contributed by atoms with E-state index in [4.69, 9.17) is 9.47 Å². The Kier molecular flexibility index (Phi) is 5.03. The summed E-state index contributed by atoms with van der Waals surface area (Å²) in [6, 6.07) is 7.19. The average molecular weight is 292 g/mol. The number of nitrogens with one attached hydrogen (secondary N) is 2. The van der Waals surface area contributed by atoms with Gasteiger partial charge in [-0.25, -0.2) is 0 Å². The van der Waals surface area contributed by atoms with Gasteiger partial charge in [-0.15, -0.1) is 0 Å². The molecular weight excluding hydrogens is 272 g/mol. The minimum absolute atomic E-state index is 0.0624. The molecule has 0 spiro atoms. The lowest BCUT2D eigenvalue weighted by Crippen LogP contribution is -2.50. The maximum absolute atomic E-state index is 12.1. The molecule has 0 bridgehead atoms. The summed E-state index contributed by atoms with van der Waals surface area (Å²) in [5, 5.41) is 5.26. The number of carbonyl (C=O) groups excluding carboxylic acids is 2. The van der Waals surface area contributed by atoms with E-state index in [1.807, 2.05) is 19.1 Å². The zero-order valence-electron chi connectivity index (χ0n) is 12.2. The third kappa shape index (κ3) is 3.87. The van der Waals surface area contributed by atoms with Crippen LogP contribution in [0.1, 0.15) is 20.3 Å². The summed E-state index contributed by atoms with van der Waals surface area (Å²) in [5.74, 6) is 0.583. The van der Waals surface area contributed by atoms with Gasteiger partial charge in [-0.05, 0) is 25.5 Å². The molecule has 0 fully saturated rings. The van der Waals surface area contributed by atoms with Gasteiger partial charge in [0.05, 0.1) is 6.54 Å². The van der Waals surface area contributed by atoms with Crippen LogP contribution in [0, 0.1) is 0 Å². The standard InChI is InChI=1S/C15H20N2O4/c1-3-8-16-13(18)9-17-15(19)14-10(2)20-11-6-4-5-7-12(11)21-14/h4-7,10,14H,3,8-9H2,1-2H3,(H,16,18)(H,17,19). The van der Waals surface area contributed by atoms with Gasteiger partial charge < -0.3 is 20.1 Å². The normalized spacial score (nSPS) is 19.7. The Morgan fingerprint density at radius 2 is 1.81 bits per heavy atom. The first-order valence-corrected chi connectivity index (χ1v) is 7.08. The molecule has 1 aromatic rings. The number of carbonyl (C=O) groups is 2. The number of amides is 2. The Morgan fingerprint density at radius 1 is 1.14 bits per heavy atom. The highest BCUT2D eigenvalue weighted by Crippen LogP contribution is 2.33. The Balaban J connectivity index is 1.90. The number of hydrogen-bond acceptors (Lipinski definition) is 4. The molecule has 1 aliphatic rings. The zero-order valence-corrected chi connectivity index (χ0v) is 12.2. The molecule has 0 radical (unpaired) electrons. The lowest BCUT2D eigenvalue weighted by molar-refractivity contribution is -0.135. The van der Waals surface area contributed by atoms with Gasteiger partial charge in [0, 0.05) is 6.54 Å². The Bertz CT molecular complexity index is 518. The van der Waals surface area contributed by atoms with E-state index in [1.54, 1.807) is 19.1 Å². The van der Waals surface area contributed by atoms with Crippen molar-refractivity contribution in [3.8, 4) is 11.5 Å². The lowest BCUT2D eigenvalue weighted by atomic mass is 10.1. The molecule has 2 N–H and O–H groups in total. The molecule has 1 heterocycles. The number of hydrogen-bond donors (Lipinski definition) is 2. The van der Waals surface area contributed by atoms with Crippen LogP contribution >= 0.6 is 0 Å². The van der Waals surface area contributed by atoms with E-state index in [2.05, 4.69) is 10.6 Å². The molecule has 0 aromatic heterocycles. The van der Waals surface area contributed by atoms with E-state index in [-0.39, 0.29) is 18.4 Å². The van der Waals surface area contributed by atoms with E-state index >= 15 is 0 Å². The number of para-hydroxylation sites is 2. The van der Waals surface area contributed by atoms with Gasteiger partial charge in [-0.1, -0.05) is 19.1 Å². The van der Waals surface area contributed by atoms with Gasteiger partial charge in [0.25, 0.3) is 5.91 Å². The Labute approximate surface area is 123 Å². The van der Waals surface area contributed by atoms with E-state index < -0.39 is 12.2 Å². The highest BCUT2D eigenvalue weighted by molar-refractivity contribution is 5.87. The third-order valence-electron chi connectivity index (χ3n) is 3.10. The topological polar surface area (TPSA) is 76.7 Å². The summed E-state index contributed by atoms with van der Waals surface area (Å²) >= 11 is 0. The fraction of sp³-hybridized carbons (Fsp3) is 0.467. The number of rotatable bonds is 5. The Morgan fingerprint density at radius 3 is 2.48 bits per heavy atom. The summed E-state index contributed by atoms with van der Waals surface area (Å²) in [4.78, 5) is 23.6. The highest BCUT2D eigenvalue weighted by Gasteiger charge is 2.33. The van der Waals surface area contributed by atoms with Crippen LogP contribution in [0.4, 0.5) is 0 Å². The fourth-order valence-electron chi connectivity index (χ4n) is 2.00. The molecule has 2 amide bonds. The molecule has 0 saturated carbocycles. The van der Waals surface area contributed by atoms with Gasteiger partial charge >= 0.3 is 0 Å². The first-order chi connectivity index (χ1) is 10.1. The molecule has 6 heteroatoms. The van der Waals surface area contributed by atoms with Crippen molar-refractivity contribution in [2.45, 2.75) is 32.5 Å². The maximum Gasteiger partial charge on any atom is 0.265 e. The van der Waals surface area contributed by atoms with E-state index in [0.29, 0.717) is 18.0 Å². The van der Waals surface area contributed by atoms with Crippen LogP contribution in [0.25, 0.3) is 0 Å². The van der Waals surface area contributed by atoms with Gasteiger partial charge in [-0.3, -0.25) is 9.59 Å². The SMILES string of the molecule is CCCNC(=O)CNC(=O)C1Oc2ccccc2OC1C. The predicted octanol–water partition coefficient (Wildman–Crippen LogP) is 0.857. The average Bonchev–Trinajstić information content (AvgIpc) is 2.49. The van der Waals surface area contributed by atoms with Crippen LogP contribution in [0.15, 0.2) is 24.3 Å². The van der Waals surface area contributed by atoms with Crippen LogP contribution in [0.2, 0.25) is 0 Å². The lowest BCUT2D eigenvalue weighted by Gasteiger charge is -2.30. The second kappa shape index (κ2) is 6.97. The molecule has 0 aliphatic carbocycles. The van der Waals surface area contributed by atoms with E-state index in [9.17, 15) is 9.59 Å². The molecule has 114 valence electrons. The molecule has 1 aromatic carbocycles. The van der Waals surface area contributed by atoms with Crippen molar-refractivity contribution in [1.82, 2.24) is 10.6 Å². The van der Waals surface area contributed by atoms with Crippen molar-refractivity contribution in [3.63, 3.8) is 0 Å². The zero-order chi connectivity index (χ0) is 15.2. The van der Waals surface area contributed by atoms with Gasteiger partial charge in [0.2, 0.25) is 12.0 Å². The molecule has 2 atom stereocenters. The summed E-state index contributed by atoms with van der Waals surface area (Å²) < 4.78 is 11.3. The smallest absolute Gasteiger partial charge is 0.265 e. The van der Waals surface area contributed by atoms with Crippen molar-refractivity contribution in [2.75, 3.05) is 13.1 Å². The van der Waals surface area contributed by atoms with Gasteiger partial charge in [-0.2, -0.15) is 0 Å². The van der Waals surface area contributed by atoms with Crippen molar-refractivity contribution in [3.05, 3.63) is 24.3 Å². The first kappa shape index (κ1) is 15.2. The van der Waals surface area contributed by atoms with Crippen LogP contribution in [-0.4, -0.2) is 37.1 Å². The Hall–Kier alpha value is -2.24. The van der Waals surface area contributed by atoms with E-state index in [0.717, 1.165) is 6.42 Å². The molecule has 2 rings (SSSR count). The largest absolute Gasteiger partial charge is 0.482 e. The molecule has 0 saturated heterocycles. The fourth-order valence-corrected chi connectivity index (χ4v) is 2.00. The second-order valence-corrected chi connectivity index (χ2v) is 4.88. The van der Waals surface area contributed by atoms with Crippen molar-refractivity contribution >= 4 is 11.8 Å². The molecule has 21 heavy (non-hydrogen) atoms. The molecule has 1 aliphatic heterocycles. The second-order valence-electron chi connectivity index (χ2n) is 4.88.